The fourth-order valence-corrected chi connectivity index (χ4v) is 4.77. The lowest BCUT2D eigenvalue weighted by Crippen LogP contribution is -2.12. The number of hydrogen-bond donors (Lipinski definition) is 2. The summed E-state index contributed by atoms with van der Waals surface area (Å²) in [5, 5.41) is 20.0. The van der Waals surface area contributed by atoms with Crippen LogP contribution in [0.15, 0.2) is 12.1 Å². The highest BCUT2D eigenvalue weighted by atomic mass is 127. The van der Waals surface area contributed by atoms with Crippen molar-refractivity contribution in [3.8, 4) is 22.9 Å². The van der Waals surface area contributed by atoms with Crippen LogP contribution in [0.2, 0.25) is 0 Å². The molecule has 22 heavy (non-hydrogen) atoms. The van der Waals surface area contributed by atoms with Crippen molar-refractivity contribution >= 4 is 51.0 Å². The molecular weight excluding hydrogens is 504 g/mol. The molecule has 4 nitrogen and oxygen atoms in total. The van der Waals surface area contributed by atoms with Crippen molar-refractivity contribution in [2.24, 2.45) is 0 Å². The van der Waals surface area contributed by atoms with Gasteiger partial charge in [0.15, 0.2) is 0 Å². The number of phenolic OH excluding ortho intramolecular Hbond substituents is 1. The number of nitrogen functional groups attached to an aromatic ring is 1. The number of pyridine rings is 1. The molecule has 0 aliphatic heterocycles. The first-order valence-corrected chi connectivity index (χ1v) is 9.08. The van der Waals surface area contributed by atoms with Crippen LogP contribution in [-0.2, 0) is 12.8 Å². The van der Waals surface area contributed by atoms with E-state index >= 15 is 0 Å². The Morgan fingerprint density at radius 1 is 1.23 bits per heavy atom. The van der Waals surface area contributed by atoms with Gasteiger partial charge in [-0.3, -0.25) is 0 Å². The fraction of sp³-hybridized carbons (Fsp3) is 0.250. The minimum atomic E-state index is 0.205. The largest absolute Gasteiger partial charge is 0.506 e. The Labute approximate surface area is 156 Å². The molecule has 0 saturated carbocycles. The van der Waals surface area contributed by atoms with E-state index in [1.165, 1.54) is 0 Å². The fourth-order valence-electron chi connectivity index (χ4n) is 2.93. The molecule has 0 bridgehead atoms. The van der Waals surface area contributed by atoms with E-state index in [-0.39, 0.29) is 11.6 Å². The van der Waals surface area contributed by atoms with E-state index in [0.717, 1.165) is 49.6 Å². The van der Waals surface area contributed by atoms with E-state index in [4.69, 9.17) is 5.73 Å². The highest BCUT2D eigenvalue weighted by Gasteiger charge is 2.24. The van der Waals surface area contributed by atoms with Gasteiger partial charge in [-0.2, -0.15) is 5.26 Å². The number of halogens is 2. The Hall–Kier alpha value is -1.08. The molecule has 2 aromatic rings. The van der Waals surface area contributed by atoms with Gasteiger partial charge in [0.05, 0.1) is 3.57 Å². The summed E-state index contributed by atoms with van der Waals surface area (Å²) < 4.78 is 1.78. The predicted octanol–water partition coefficient (Wildman–Crippen LogP) is 4.00. The summed E-state index contributed by atoms with van der Waals surface area (Å²) in [4.78, 5) is 4.42. The molecule has 1 aliphatic carbocycles. The number of aromatic nitrogens is 1. The number of nitrogens with zero attached hydrogens (tertiary/aromatic N) is 2. The molecule has 6 heteroatoms. The van der Waals surface area contributed by atoms with Crippen LogP contribution >= 0.6 is 45.2 Å². The van der Waals surface area contributed by atoms with Gasteiger partial charge in [0.25, 0.3) is 0 Å². The first-order valence-electron chi connectivity index (χ1n) is 6.92. The number of anilines is 1. The number of benzene rings is 1. The summed E-state index contributed by atoms with van der Waals surface area (Å²) in [5.74, 6) is 0.460. The molecule has 0 saturated heterocycles. The third-order valence-electron chi connectivity index (χ3n) is 3.91. The average Bonchev–Trinajstić information content (AvgIpc) is 2.49. The van der Waals surface area contributed by atoms with Gasteiger partial charge in [-0.1, -0.05) is 0 Å². The molecule has 0 atom stereocenters. The number of aromatic hydroxyl groups is 1. The number of hydrogen-bond acceptors (Lipinski definition) is 4. The number of fused-ring (bicyclic) bond motifs is 1. The summed E-state index contributed by atoms with van der Waals surface area (Å²) in [6, 6.07) is 5.99. The third kappa shape index (κ3) is 2.65. The monoisotopic (exact) mass is 517 g/mol. The first-order chi connectivity index (χ1) is 10.5. The highest BCUT2D eigenvalue weighted by Crippen LogP contribution is 2.42. The molecule has 1 aromatic heterocycles. The maximum atomic E-state index is 10.5. The van der Waals surface area contributed by atoms with Crippen molar-refractivity contribution in [2.75, 3.05) is 5.73 Å². The van der Waals surface area contributed by atoms with E-state index in [9.17, 15) is 10.4 Å². The van der Waals surface area contributed by atoms with Gasteiger partial charge in [0.1, 0.15) is 23.2 Å². The zero-order valence-corrected chi connectivity index (χ0v) is 16.0. The van der Waals surface area contributed by atoms with Gasteiger partial charge >= 0.3 is 0 Å². The quantitative estimate of drug-likeness (QED) is 0.561. The Morgan fingerprint density at radius 3 is 2.68 bits per heavy atom. The number of nitrogens with two attached hydrogens (primary N) is 1. The lowest BCUT2D eigenvalue weighted by molar-refractivity contribution is 0.473. The van der Waals surface area contributed by atoms with Crippen LogP contribution in [0, 0.1) is 18.5 Å². The van der Waals surface area contributed by atoms with Gasteiger partial charge < -0.3 is 10.8 Å². The van der Waals surface area contributed by atoms with Gasteiger partial charge in [0, 0.05) is 20.4 Å². The minimum Gasteiger partial charge on any atom is -0.506 e. The summed E-state index contributed by atoms with van der Waals surface area (Å²) in [6.07, 6.45) is 3.90. The van der Waals surface area contributed by atoms with Gasteiger partial charge in [-0.25, -0.2) is 4.98 Å². The van der Waals surface area contributed by atoms with E-state index in [0.29, 0.717) is 11.1 Å². The third-order valence-corrected chi connectivity index (χ3v) is 5.36. The standard InChI is InChI=1S/C16H13I2N3O/c17-8-5-10(15(22)12(18)6-8)14-9-3-1-2-4-13(9)21-16(20)11(14)7-19/h5-6,22H,1-4H2,(H2,20,21). The molecule has 3 rings (SSSR count). The molecule has 1 aromatic carbocycles. The first kappa shape index (κ1) is 15.8. The van der Waals surface area contributed by atoms with Gasteiger partial charge in [-0.05, 0) is 88.6 Å². The van der Waals surface area contributed by atoms with E-state index in [1.54, 1.807) is 0 Å². The normalized spacial score (nSPS) is 13.5. The van der Waals surface area contributed by atoms with Crippen molar-refractivity contribution in [1.29, 1.82) is 5.26 Å². The van der Waals surface area contributed by atoms with Crippen LogP contribution < -0.4 is 5.73 Å². The molecule has 1 heterocycles. The Balaban J connectivity index is 2.40. The summed E-state index contributed by atoms with van der Waals surface area (Å²) in [6.45, 7) is 0. The van der Waals surface area contributed by atoms with E-state index in [2.05, 4.69) is 56.2 Å². The molecule has 0 fully saturated rings. The molecule has 112 valence electrons. The summed E-state index contributed by atoms with van der Waals surface area (Å²) >= 11 is 4.32. The number of aryl methyl sites for hydroxylation is 1. The lowest BCUT2D eigenvalue weighted by atomic mass is 9.86. The smallest absolute Gasteiger partial charge is 0.142 e. The van der Waals surface area contributed by atoms with E-state index in [1.807, 2.05) is 12.1 Å². The zero-order valence-electron chi connectivity index (χ0n) is 11.7. The van der Waals surface area contributed by atoms with Crippen molar-refractivity contribution in [3.63, 3.8) is 0 Å². The zero-order chi connectivity index (χ0) is 15.9. The minimum absolute atomic E-state index is 0.205. The molecule has 1 aliphatic rings. The molecule has 0 unspecified atom stereocenters. The van der Waals surface area contributed by atoms with Gasteiger partial charge in [0.2, 0.25) is 0 Å². The van der Waals surface area contributed by atoms with Crippen molar-refractivity contribution in [2.45, 2.75) is 25.7 Å². The maximum absolute atomic E-state index is 10.5. The molecule has 0 amide bonds. The predicted molar refractivity (Wildman–Crippen MR) is 103 cm³/mol. The molecule has 3 N–H and O–H groups in total. The molecule has 0 spiro atoms. The topological polar surface area (TPSA) is 82.9 Å². The van der Waals surface area contributed by atoms with Crippen LogP contribution in [0.4, 0.5) is 5.82 Å². The molecule has 0 radical (unpaired) electrons. The van der Waals surface area contributed by atoms with Gasteiger partial charge in [-0.15, -0.1) is 0 Å². The second kappa shape index (κ2) is 6.20. The summed E-state index contributed by atoms with van der Waals surface area (Å²) in [7, 11) is 0. The van der Waals surface area contributed by atoms with Crippen molar-refractivity contribution in [1.82, 2.24) is 4.98 Å². The van der Waals surface area contributed by atoms with Crippen molar-refractivity contribution in [3.05, 3.63) is 36.1 Å². The van der Waals surface area contributed by atoms with Crippen LogP contribution in [0.1, 0.15) is 29.7 Å². The SMILES string of the molecule is N#Cc1c(N)nc2c(c1-c1cc(I)cc(I)c1O)CCCC2. The van der Waals surface area contributed by atoms with Crippen LogP contribution in [0.25, 0.3) is 11.1 Å². The van der Waals surface area contributed by atoms with Crippen LogP contribution in [-0.4, -0.2) is 10.1 Å². The Bertz CT molecular complexity index is 812. The average molecular weight is 517 g/mol. The number of phenols is 1. The van der Waals surface area contributed by atoms with E-state index < -0.39 is 0 Å². The molecular formula is C16H13I2N3O. The second-order valence-corrected chi connectivity index (χ2v) is 7.68. The summed E-state index contributed by atoms with van der Waals surface area (Å²) in [5.41, 5.74) is 9.84. The van der Waals surface area contributed by atoms with Crippen LogP contribution in [0.3, 0.4) is 0 Å². The van der Waals surface area contributed by atoms with Crippen LogP contribution in [0.5, 0.6) is 5.75 Å². The maximum Gasteiger partial charge on any atom is 0.142 e. The highest BCUT2D eigenvalue weighted by molar-refractivity contribution is 14.1. The number of rotatable bonds is 1. The Morgan fingerprint density at radius 2 is 1.95 bits per heavy atom. The van der Waals surface area contributed by atoms with Crippen molar-refractivity contribution < 1.29 is 5.11 Å². The Kier molecular flexibility index (Phi) is 4.45. The lowest BCUT2D eigenvalue weighted by Gasteiger charge is -2.21. The second-order valence-electron chi connectivity index (χ2n) is 5.27. The number of nitriles is 1.